The molecule has 1 saturated heterocycles. The molecule has 6 N–H and O–H groups in total. The van der Waals surface area contributed by atoms with Gasteiger partial charge < -0.3 is 21.2 Å². The van der Waals surface area contributed by atoms with E-state index >= 15 is 0 Å². The zero-order valence-electron chi connectivity index (χ0n) is 17.5. The summed E-state index contributed by atoms with van der Waals surface area (Å²) >= 11 is 0. The topological polar surface area (TPSA) is 143 Å². The first-order chi connectivity index (χ1) is 14.8. The normalized spacial score (nSPS) is 18.7. The third kappa shape index (κ3) is 4.26. The number of hydrogen-bond acceptors (Lipinski definition) is 8. The van der Waals surface area contributed by atoms with Crippen LogP contribution in [0.3, 0.4) is 0 Å². The van der Waals surface area contributed by atoms with Gasteiger partial charge in [0.25, 0.3) is 0 Å². The number of anilines is 2. The Morgan fingerprint density at radius 1 is 1.06 bits per heavy atom. The van der Waals surface area contributed by atoms with Crippen molar-refractivity contribution in [3.8, 4) is 11.1 Å². The average molecular weight is 419 g/mol. The minimum absolute atomic E-state index is 0.106. The largest absolute Gasteiger partial charge is 0.398 e. The molecule has 1 aromatic carbocycles. The lowest BCUT2D eigenvalue weighted by Crippen LogP contribution is -2.45. The molecule has 31 heavy (non-hydrogen) atoms. The summed E-state index contributed by atoms with van der Waals surface area (Å²) in [7, 11) is 0. The first kappa shape index (κ1) is 20.5. The van der Waals surface area contributed by atoms with Crippen molar-refractivity contribution in [3.05, 3.63) is 65.7 Å². The standard InChI is InChI=1S/C22H26N8O/c1-13-9-29(10-14(2)31-13)21-8-19(27-12-28-21)22(25)17-7-15(3-5-18(17)23)16-4-6-20(24)30(26)11-16/h3-8,11-14,24-25H,9-10,23,26H2,1-2H3. The third-order valence-electron chi connectivity index (χ3n) is 5.29. The molecule has 1 aliphatic heterocycles. The molecule has 0 radical (unpaired) electrons. The predicted octanol–water partition coefficient (Wildman–Crippen LogP) is 1.75. The molecule has 9 heteroatoms. The molecule has 1 fully saturated rings. The Bertz CT molecular complexity index is 1180. The molecule has 0 bridgehead atoms. The second-order valence-electron chi connectivity index (χ2n) is 7.81. The van der Waals surface area contributed by atoms with Crippen LogP contribution in [0.5, 0.6) is 0 Å². The zero-order valence-corrected chi connectivity index (χ0v) is 17.5. The maximum Gasteiger partial charge on any atom is 0.143 e. The monoisotopic (exact) mass is 418 g/mol. The number of nitrogen functional groups attached to an aromatic ring is 2. The summed E-state index contributed by atoms with van der Waals surface area (Å²) < 4.78 is 7.05. The number of nitrogens with one attached hydrogen (secondary N) is 2. The Balaban J connectivity index is 1.67. The van der Waals surface area contributed by atoms with Gasteiger partial charge >= 0.3 is 0 Å². The van der Waals surface area contributed by atoms with Gasteiger partial charge in [0.15, 0.2) is 0 Å². The van der Waals surface area contributed by atoms with Crippen LogP contribution < -0.4 is 22.0 Å². The Morgan fingerprint density at radius 2 is 1.77 bits per heavy atom. The summed E-state index contributed by atoms with van der Waals surface area (Å²) in [5.41, 5.74) is 9.85. The van der Waals surface area contributed by atoms with Crippen molar-refractivity contribution in [2.45, 2.75) is 26.1 Å². The smallest absolute Gasteiger partial charge is 0.143 e. The predicted molar refractivity (Wildman–Crippen MR) is 120 cm³/mol. The molecular weight excluding hydrogens is 392 g/mol. The van der Waals surface area contributed by atoms with Crippen LogP contribution in [0.25, 0.3) is 11.1 Å². The Labute approximate surface area is 180 Å². The molecule has 0 saturated carbocycles. The third-order valence-corrected chi connectivity index (χ3v) is 5.29. The molecular formula is C22H26N8O. The van der Waals surface area contributed by atoms with Crippen LogP contribution in [-0.4, -0.2) is 45.7 Å². The number of hydrogen-bond donors (Lipinski definition) is 4. The van der Waals surface area contributed by atoms with Gasteiger partial charge in [0.1, 0.15) is 17.6 Å². The average Bonchev–Trinajstić information content (AvgIpc) is 2.75. The van der Waals surface area contributed by atoms with Crippen LogP contribution in [-0.2, 0) is 4.74 Å². The fourth-order valence-corrected chi connectivity index (χ4v) is 3.80. The van der Waals surface area contributed by atoms with E-state index < -0.39 is 0 Å². The van der Waals surface area contributed by atoms with Crippen LogP contribution >= 0.6 is 0 Å². The second-order valence-corrected chi connectivity index (χ2v) is 7.81. The number of aromatic nitrogens is 3. The summed E-state index contributed by atoms with van der Waals surface area (Å²) in [4.78, 5) is 10.9. The Hall–Kier alpha value is -3.72. The van der Waals surface area contributed by atoms with Crippen molar-refractivity contribution < 1.29 is 4.74 Å². The Kier molecular flexibility index (Phi) is 5.43. The summed E-state index contributed by atoms with van der Waals surface area (Å²) in [5.74, 6) is 6.58. The van der Waals surface area contributed by atoms with Crippen molar-refractivity contribution in [1.82, 2.24) is 14.6 Å². The van der Waals surface area contributed by atoms with Crippen LogP contribution in [0.4, 0.5) is 11.5 Å². The highest BCUT2D eigenvalue weighted by Gasteiger charge is 2.24. The summed E-state index contributed by atoms with van der Waals surface area (Å²) in [6.07, 6.45) is 3.36. The van der Waals surface area contributed by atoms with Crippen LogP contribution in [0, 0.1) is 10.8 Å². The van der Waals surface area contributed by atoms with Crippen molar-refractivity contribution >= 4 is 17.2 Å². The molecule has 2 unspecified atom stereocenters. The number of benzene rings is 1. The second kappa shape index (κ2) is 8.19. The lowest BCUT2D eigenvalue weighted by atomic mass is 9.99. The number of pyridine rings is 1. The van der Waals surface area contributed by atoms with E-state index in [1.165, 1.54) is 11.0 Å². The lowest BCUT2D eigenvalue weighted by Gasteiger charge is -2.36. The van der Waals surface area contributed by atoms with Crippen LogP contribution in [0.2, 0.25) is 0 Å². The van der Waals surface area contributed by atoms with E-state index in [0.29, 0.717) is 16.9 Å². The minimum Gasteiger partial charge on any atom is -0.398 e. The van der Waals surface area contributed by atoms with Crippen molar-refractivity contribution in [2.75, 3.05) is 29.6 Å². The van der Waals surface area contributed by atoms with E-state index in [0.717, 1.165) is 30.0 Å². The number of morpholine rings is 1. The number of nitrogens with two attached hydrogens (primary N) is 2. The van der Waals surface area contributed by atoms with E-state index in [1.54, 1.807) is 18.3 Å². The minimum atomic E-state index is 0.106. The van der Waals surface area contributed by atoms with Gasteiger partial charge in [-0.2, -0.15) is 0 Å². The molecule has 0 amide bonds. The fourth-order valence-electron chi connectivity index (χ4n) is 3.80. The van der Waals surface area contributed by atoms with Crippen molar-refractivity contribution in [1.29, 1.82) is 10.8 Å². The highest BCUT2D eigenvalue weighted by Crippen LogP contribution is 2.26. The molecule has 160 valence electrons. The van der Waals surface area contributed by atoms with Crippen molar-refractivity contribution in [3.63, 3.8) is 0 Å². The molecule has 9 nitrogen and oxygen atoms in total. The van der Waals surface area contributed by atoms with Crippen molar-refractivity contribution in [2.24, 2.45) is 0 Å². The molecule has 1 aliphatic rings. The van der Waals surface area contributed by atoms with E-state index in [1.807, 2.05) is 38.1 Å². The highest BCUT2D eigenvalue weighted by molar-refractivity contribution is 6.13. The molecule has 3 aromatic rings. The van der Waals surface area contributed by atoms with Gasteiger partial charge in [-0.1, -0.05) is 6.07 Å². The zero-order chi connectivity index (χ0) is 22.1. The van der Waals surface area contributed by atoms with E-state index in [4.69, 9.17) is 27.1 Å². The van der Waals surface area contributed by atoms with Gasteiger partial charge in [0.2, 0.25) is 0 Å². The Morgan fingerprint density at radius 3 is 2.48 bits per heavy atom. The van der Waals surface area contributed by atoms with Gasteiger partial charge in [-0.05, 0) is 43.7 Å². The van der Waals surface area contributed by atoms with E-state index in [9.17, 15) is 0 Å². The SMILES string of the molecule is CC1CN(c2cc(C(=N)c3cc(-c4ccc(=N)n(N)c4)ccc3N)ncn2)CC(C)O1. The molecule has 2 atom stereocenters. The maximum atomic E-state index is 8.76. The molecule has 2 aromatic heterocycles. The molecule has 3 heterocycles. The molecule has 0 aliphatic carbocycles. The summed E-state index contributed by atoms with van der Waals surface area (Å²) in [6.45, 7) is 5.54. The lowest BCUT2D eigenvalue weighted by molar-refractivity contribution is -0.00546. The number of nitrogens with zero attached hydrogens (tertiary/aromatic N) is 4. The van der Waals surface area contributed by atoms with E-state index in [-0.39, 0.29) is 23.4 Å². The number of rotatable bonds is 4. The van der Waals surface area contributed by atoms with Gasteiger partial charge in [-0.3, -0.25) is 15.5 Å². The maximum absolute atomic E-state index is 8.76. The number of ether oxygens (including phenoxy) is 1. The van der Waals surface area contributed by atoms with Gasteiger partial charge in [-0.25, -0.2) is 9.97 Å². The summed E-state index contributed by atoms with van der Waals surface area (Å²) in [5, 5.41) is 16.5. The fraction of sp³-hybridized carbons (Fsp3) is 0.273. The first-order valence-corrected chi connectivity index (χ1v) is 10.1. The van der Waals surface area contributed by atoms with Gasteiger partial charge in [0.05, 0.1) is 23.6 Å². The van der Waals surface area contributed by atoms with Crippen LogP contribution in [0.1, 0.15) is 25.1 Å². The van der Waals surface area contributed by atoms with Gasteiger partial charge in [0, 0.05) is 42.2 Å². The molecule has 0 spiro atoms. The highest BCUT2D eigenvalue weighted by atomic mass is 16.5. The van der Waals surface area contributed by atoms with Gasteiger partial charge in [-0.15, -0.1) is 0 Å². The quantitative estimate of drug-likeness (QED) is 0.289. The molecule has 4 rings (SSSR count). The first-order valence-electron chi connectivity index (χ1n) is 10.1. The van der Waals surface area contributed by atoms with E-state index in [2.05, 4.69) is 14.9 Å². The van der Waals surface area contributed by atoms with Crippen LogP contribution in [0.15, 0.2) is 48.9 Å². The summed E-state index contributed by atoms with van der Waals surface area (Å²) in [6, 6.07) is 10.7.